The second-order valence-corrected chi connectivity index (χ2v) is 3.08. The van der Waals surface area contributed by atoms with Crippen LogP contribution in [0.1, 0.15) is 19.3 Å². The summed E-state index contributed by atoms with van der Waals surface area (Å²) in [6, 6.07) is 0. The number of carbonyl (C=O) groups is 1. The number of fused-ring (bicyclic) bond motifs is 1. The highest BCUT2D eigenvalue weighted by atomic mass is 16.3. The minimum atomic E-state index is -0.160. The fraction of sp³-hybridized carbons (Fsp3) is 0.857. The molecular weight excluding hydrogens is 116 g/mol. The maximum atomic E-state index is 10.9. The molecular formula is C7H10O2. The molecule has 0 aromatic heterocycles. The predicted octanol–water partition coefficient (Wildman–Crippen LogP) is 0.346. The maximum Gasteiger partial charge on any atom is 0.136 e. The van der Waals surface area contributed by atoms with E-state index in [-0.39, 0.29) is 12.0 Å². The molecule has 0 aromatic rings. The fourth-order valence-electron chi connectivity index (χ4n) is 1.70. The number of aliphatic hydroxyl groups is 1. The molecule has 50 valence electrons. The normalized spacial score (nSPS) is 48.6. The van der Waals surface area contributed by atoms with E-state index in [1.807, 2.05) is 0 Å². The van der Waals surface area contributed by atoms with Gasteiger partial charge in [0.2, 0.25) is 0 Å². The average molecular weight is 126 g/mol. The number of ketones is 1. The van der Waals surface area contributed by atoms with Crippen molar-refractivity contribution in [3.05, 3.63) is 0 Å². The fourth-order valence-corrected chi connectivity index (χ4v) is 1.70. The van der Waals surface area contributed by atoms with E-state index >= 15 is 0 Å². The molecule has 0 radical (unpaired) electrons. The van der Waals surface area contributed by atoms with Crippen molar-refractivity contribution in [1.29, 1.82) is 0 Å². The Kier molecular flexibility index (Phi) is 0.943. The molecule has 3 unspecified atom stereocenters. The number of aliphatic hydroxyl groups excluding tert-OH is 1. The molecule has 0 bridgehead atoms. The second-order valence-electron chi connectivity index (χ2n) is 3.08. The number of hydrogen-bond donors (Lipinski definition) is 1. The molecule has 1 N–H and O–H groups in total. The molecule has 2 heteroatoms. The van der Waals surface area contributed by atoms with Crippen molar-refractivity contribution in [3.8, 4) is 0 Å². The lowest BCUT2D eigenvalue weighted by atomic mass is 9.97. The Morgan fingerprint density at radius 2 is 2.33 bits per heavy atom. The van der Waals surface area contributed by atoms with Crippen LogP contribution >= 0.6 is 0 Å². The van der Waals surface area contributed by atoms with Crippen LogP contribution in [0.4, 0.5) is 0 Å². The first-order valence-corrected chi connectivity index (χ1v) is 3.50. The third-order valence-electron chi connectivity index (χ3n) is 2.43. The second kappa shape index (κ2) is 1.57. The smallest absolute Gasteiger partial charge is 0.136 e. The van der Waals surface area contributed by atoms with E-state index in [2.05, 4.69) is 0 Å². The number of hydrogen-bond acceptors (Lipinski definition) is 2. The highest BCUT2D eigenvalue weighted by molar-refractivity contribution is 5.84. The zero-order chi connectivity index (χ0) is 6.43. The molecule has 3 atom stereocenters. The highest BCUT2D eigenvalue weighted by Crippen LogP contribution is 2.47. The Bertz CT molecular complexity index is 153. The topological polar surface area (TPSA) is 37.3 Å². The largest absolute Gasteiger partial charge is 0.393 e. The predicted molar refractivity (Wildman–Crippen MR) is 31.8 cm³/mol. The molecule has 2 saturated carbocycles. The van der Waals surface area contributed by atoms with Gasteiger partial charge in [0.15, 0.2) is 0 Å². The Hall–Kier alpha value is -0.370. The van der Waals surface area contributed by atoms with Crippen LogP contribution in [0.2, 0.25) is 0 Å². The molecule has 0 amide bonds. The van der Waals surface area contributed by atoms with Crippen LogP contribution < -0.4 is 0 Å². The highest BCUT2D eigenvalue weighted by Gasteiger charge is 2.49. The Balaban J connectivity index is 2.08. The molecule has 0 saturated heterocycles. The zero-order valence-electron chi connectivity index (χ0n) is 5.21. The zero-order valence-corrected chi connectivity index (χ0v) is 5.21. The van der Waals surface area contributed by atoms with E-state index in [0.29, 0.717) is 24.5 Å². The van der Waals surface area contributed by atoms with Crippen molar-refractivity contribution in [2.75, 3.05) is 0 Å². The monoisotopic (exact) mass is 126 g/mol. The van der Waals surface area contributed by atoms with E-state index in [1.165, 1.54) is 0 Å². The van der Waals surface area contributed by atoms with Crippen LogP contribution in [0.5, 0.6) is 0 Å². The van der Waals surface area contributed by atoms with Crippen LogP contribution in [0.15, 0.2) is 0 Å². The Labute approximate surface area is 53.9 Å². The number of carbonyl (C=O) groups excluding carboxylic acids is 1. The van der Waals surface area contributed by atoms with Gasteiger partial charge in [-0.3, -0.25) is 4.79 Å². The SMILES string of the molecule is O=C1CCC(O)C2CC12. The summed E-state index contributed by atoms with van der Waals surface area (Å²) in [6.45, 7) is 0. The van der Waals surface area contributed by atoms with Gasteiger partial charge in [-0.1, -0.05) is 0 Å². The van der Waals surface area contributed by atoms with E-state index in [1.54, 1.807) is 0 Å². The molecule has 2 nitrogen and oxygen atoms in total. The van der Waals surface area contributed by atoms with Crippen LogP contribution in [0.25, 0.3) is 0 Å². The molecule has 0 heterocycles. The van der Waals surface area contributed by atoms with Gasteiger partial charge in [0.25, 0.3) is 0 Å². The van der Waals surface area contributed by atoms with Crippen LogP contribution in [-0.2, 0) is 4.79 Å². The minimum Gasteiger partial charge on any atom is -0.393 e. The first-order chi connectivity index (χ1) is 4.29. The summed E-state index contributed by atoms with van der Waals surface area (Å²) in [6.07, 6.45) is 2.12. The lowest BCUT2D eigenvalue weighted by Gasteiger charge is -2.13. The molecule has 2 aliphatic rings. The average Bonchev–Trinajstić information content (AvgIpc) is 2.57. The summed E-state index contributed by atoms with van der Waals surface area (Å²) in [5.41, 5.74) is 0. The maximum absolute atomic E-state index is 10.9. The summed E-state index contributed by atoms with van der Waals surface area (Å²) >= 11 is 0. The van der Waals surface area contributed by atoms with Gasteiger partial charge in [-0.05, 0) is 18.8 Å². The van der Waals surface area contributed by atoms with Gasteiger partial charge in [0, 0.05) is 12.3 Å². The van der Waals surface area contributed by atoms with Crippen molar-refractivity contribution in [1.82, 2.24) is 0 Å². The van der Waals surface area contributed by atoms with E-state index in [0.717, 1.165) is 6.42 Å². The molecule has 0 aliphatic heterocycles. The van der Waals surface area contributed by atoms with Crippen molar-refractivity contribution < 1.29 is 9.90 Å². The molecule has 2 fully saturated rings. The molecule has 2 aliphatic carbocycles. The summed E-state index contributed by atoms with van der Waals surface area (Å²) in [5, 5.41) is 9.18. The van der Waals surface area contributed by atoms with Crippen molar-refractivity contribution in [2.45, 2.75) is 25.4 Å². The van der Waals surface area contributed by atoms with Gasteiger partial charge in [-0.15, -0.1) is 0 Å². The summed E-state index contributed by atoms with van der Waals surface area (Å²) in [5.74, 6) is 0.991. The van der Waals surface area contributed by atoms with Crippen LogP contribution in [0.3, 0.4) is 0 Å². The van der Waals surface area contributed by atoms with E-state index in [4.69, 9.17) is 0 Å². The quantitative estimate of drug-likeness (QED) is 0.508. The Morgan fingerprint density at radius 3 is 3.00 bits per heavy atom. The van der Waals surface area contributed by atoms with Gasteiger partial charge < -0.3 is 5.11 Å². The number of rotatable bonds is 0. The standard InChI is InChI=1S/C7H10O2/c8-6-1-2-7(9)5-3-4(5)6/h4-6,8H,1-3H2. The molecule has 0 spiro atoms. The lowest BCUT2D eigenvalue weighted by molar-refractivity contribution is -0.123. The van der Waals surface area contributed by atoms with Gasteiger partial charge in [0.05, 0.1) is 6.10 Å². The van der Waals surface area contributed by atoms with Crippen molar-refractivity contribution in [2.24, 2.45) is 11.8 Å². The van der Waals surface area contributed by atoms with Crippen molar-refractivity contribution in [3.63, 3.8) is 0 Å². The van der Waals surface area contributed by atoms with Crippen LogP contribution in [-0.4, -0.2) is 17.0 Å². The third kappa shape index (κ3) is 0.697. The Morgan fingerprint density at radius 1 is 1.56 bits per heavy atom. The first kappa shape index (κ1) is 5.42. The van der Waals surface area contributed by atoms with Gasteiger partial charge in [-0.2, -0.15) is 0 Å². The van der Waals surface area contributed by atoms with Gasteiger partial charge in [-0.25, -0.2) is 0 Å². The van der Waals surface area contributed by atoms with E-state index < -0.39 is 0 Å². The molecule has 0 aromatic carbocycles. The van der Waals surface area contributed by atoms with Gasteiger partial charge in [0.1, 0.15) is 5.78 Å². The van der Waals surface area contributed by atoms with E-state index in [9.17, 15) is 9.90 Å². The van der Waals surface area contributed by atoms with Crippen molar-refractivity contribution >= 4 is 5.78 Å². The first-order valence-electron chi connectivity index (χ1n) is 3.50. The van der Waals surface area contributed by atoms with Gasteiger partial charge >= 0.3 is 0 Å². The summed E-state index contributed by atoms with van der Waals surface area (Å²) in [4.78, 5) is 10.9. The lowest BCUT2D eigenvalue weighted by Crippen LogP contribution is -2.21. The molecule has 2 rings (SSSR count). The molecule has 9 heavy (non-hydrogen) atoms. The third-order valence-corrected chi connectivity index (χ3v) is 2.43. The summed E-state index contributed by atoms with van der Waals surface area (Å²) < 4.78 is 0. The summed E-state index contributed by atoms with van der Waals surface area (Å²) in [7, 11) is 0. The van der Waals surface area contributed by atoms with Crippen LogP contribution in [0, 0.1) is 11.8 Å². The minimum absolute atomic E-state index is 0.160. The number of Topliss-reactive ketones (excluding diaryl/α,β-unsaturated/α-hetero) is 1.